The molecule has 0 radical (unpaired) electrons. The quantitative estimate of drug-likeness (QED) is 0.384. The number of hydrogen-bond acceptors (Lipinski definition) is 3. The Balaban J connectivity index is 0.00000312. The largest absolute Gasteiger partial charge is 0.381 e. The van der Waals surface area contributed by atoms with Gasteiger partial charge in [0, 0.05) is 58.3 Å². The van der Waals surface area contributed by atoms with Crippen LogP contribution in [-0.4, -0.2) is 74.8 Å². The normalized spacial score (nSPS) is 28.6. The van der Waals surface area contributed by atoms with Gasteiger partial charge in [0.25, 0.3) is 0 Å². The molecule has 0 bridgehead atoms. The van der Waals surface area contributed by atoms with Crippen molar-refractivity contribution in [1.82, 2.24) is 15.1 Å². The van der Waals surface area contributed by atoms with Crippen molar-refractivity contribution in [3.05, 3.63) is 0 Å². The first-order chi connectivity index (χ1) is 11.3. The van der Waals surface area contributed by atoms with Gasteiger partial charge in [-0.25, -0.2) is 0 Å². The van der Waals surface area contributed by atoms with E-state index in [1.165, 1.54) is 19.5 Å². The fourth-order valence-corrected chi connectivity index (χ4v) is 4.15. The molecule has 0 spiro atoms. The van der Waals surface area contributed by atoms with Crippen LogP contribution in [0.15, 0.2) is 4.99 Å². The van der Waals surface area contributed by atoms with Gasteiger partial charge in [-0.2, -0.15) is 0 Å². The van der Waals surface area contributed by atoms with Gasteiger partial charge < -0.3 is 15.0 Å². The van der Waals surface area contributed by atoms with E-state index >= 15 is 0 Å². The fraction of sp³-hybridized carbons (Fsp3) is 0.947. The summed E-state index contributed by atoms with van der Waals surface area (Å²) in [5.41, 5.74) is 0.135. The third-order valence-electron chi connectivity index (χ3n) is 5.53. The maximum absolute atomic E-state index is 5.49. The second-order valence-corrected chi connectivity index (χ2v) is 8.67. The Morgan fingerprint density at radius 1 is 1.28 bits per heavy atom. The summed E-state index contributed by atoms with van der Waals surface area (Å²) in [6.07, 6.45) is 2.52. The zero-order valence-corrected chi connectivity index (χ0v) is 19.4. The number of nitrogens with zero attached hydrogens (tertiary/aromatic N) is 3. The van der Waals surface area contributed by atoms with Crippen LogP contribution in [0.25, 0.3) is 0 Å². The molecular weight excluding hydrogens is 427 g/mol. The van der Waals surface area contributed by atoms with E-state index in [0.29, 0.717) is 5.92 Å². The summed E-state index contributed by atoms with van der Waals surface area (Å²) < 4.78 is 5.49. The molecular formula is C19H39IN4O. The van der Waals surface area contributed by atoms with E-state index in [2.05, 4.69) is 54.9 Å². The van der Waals surface area contributed by atoms with E-state index in [9.17, 15) is 0 Å². The average Bonchev–Trinajstić information content (AvgIpc) is 2.99. The highest BCUT2D eigenvalue weighted by atomic mass is 127. The number of guanidine groups is 1. The van der Waals surface area contributed by atoms with Gasteiger partial charge in [0.2, 0.25) is 0 Å². The second kappa shape index (κ2) is 10.3. The Morgan fingerprint density at radius 2 is 1.92 bits per heavy atom. The van der Waals surface area contributed by atoms with Crippen molar-refractivity contribution in [3.8, 4) is 0 Å². The van der Waals surface area contributed by atoms with E-state index in [1.54, 1.807) is 0 Å². The maximum atomic E-state index is 5.49. The monoisotopic (exact) mass is 466 g/mol. The van der Waals surface area contributed by atoms with Crippen LogP contribution in [0.1, 0.15) is 40.5 Å². The number of rotatable bonds is 5. The van der Waals surface area contributed by atoms with E-state index in [0.717, 1.165) is 50.5 Å². The fourth-order valence-electron chi connectivity index (χ4n) is 4.15. The summed E-state index contributed by atoms with van der Waals surface area (Å²) in [5.74, 6) is 3.20. The summed E-state index contributed by atoms with van der Waals surface area (Å²) in [6, 6.07) is 0. The summed E-state index contributed by atoms with van der Waals surface area (Å²) >= 11 is 0. The van der Waals surface area contributed by atoms with Gasteiger partial charge >= 0.3 is 0 Å². The van der Waals surface area contributed by atoms with Crippen molar-refractivity contribution in [2.24, 2.45) is 22.7 Å². The SMILES string of the molecule is CN=C(NCC(C)(C)N1CC(C)CC(C)C1)N(C)CC1CCOC1.I. The lowest BCUT2D eigenvalue weighted by atomic mass is 9.88. The van der Waals surface area contributed by atoms with Crippen LogP contribution in [0.3, 0.4) is 0 Å². The second-order valence-electron chi connectivity index (χ2n) is 8.67. The standard InChI is InChI=1S/C19H38N4O.HI/c1-15-9-16(2)11-23(10-15)19(3,4)14-21-18(20-5)22(6)12-17-7-8-24-13-17;/h15-17H,7-14H2,1-6H3,(H,20,21);1H. The number of likely N-dealkylation sites (tertiary alicyclic amines) is 1. The first-order valence-electron chi connectivity index (χ1n) is 9.56. The van der Waals surface area contributed by atoms with Crippen molar-refractivity contribution < 1.29 is 4.74 Å². The highest BCUT2D eigenvalue weighted by Crippen LogP contribution is 2.26. The molecule has 148 valence electrons. The summed E-state index contributed by atoms with van der Waals surface area (Å²) in [4.78, 5) is 9.38. The van der Waals surface area contributed by atoms with Crippen molar-refractivity contribution in [2.45, 2.75) is 46.1 Å². The lowest BCUT2D eigenvalue weighted by Gasteiger charge is -2.45. The van der Waals surface area contributed by atoms with Gasteiger partial charge in [0.1, 0.15) is 0 Å². The Kier molecular flexibility index (Phi) is 9.46. The smallest absolute Gasteiger partial charge is 0.193 e. The van der Waals surface area contributed by atoms with E-state index in [1.807, 2.05) is 7.05 Å². The summed E-state index contributed by atoms with van der Waals surface area (Å²) in [5, 5.41) is 3.60. The van der Waals surface area contributed by atoms with Crippen LogP contribution in [-0.2, 0) is 4.74 Å². The molecule has 2 fully saturated rings. The molecule has 0 aliphatic carbocycles. The number of nitrogens with one attached hydrogen (secondary N) is 1. The number of halogens is 1. The third-order valence-corrected chi connectivity index (χ3v) is 5.53. The minimum absolute atomic E-state index is 0. The first-order valence-corrected chi connectivity index (χ1v) is 9.56. The van der Waals surface area contributed by atoms with Gasteiger partial charge in [-0.15, -0.1) is 24.0 Å². The van der Waals surface area contributed by atoms with Crippen molar-refractivity contribution in [1.29, 1.82) is 0 Å². The molecule has 0 aromatic heterocycles. The van der Waals surface area contributed by atoms with Gasteiger partial charge in [-0.3, -0.25) is 9.89 Å². The van der Waals surface area contributed by atoms with E-state index < -0.39 is 0 Å². The molecule has 2 rings (SSSR count). The molecule has 0 saturated carbocycles. The lowest BCUT2D eigenvalue weighted by Crippen LogP contribution is -2.57. The van der Waals surface area contributed by atoms with Crippen molar-refractivity contribution in [3.63, 3.8) is 0 Å². The average molecular weight is 466 g/mol. The minimum Gasteiger partial charge on any atom is -0.381 e. The topological polar surface area (TPSA) is 40.1 Å². The minimum atomic E-state index is 0. The predicted octanol–water partition coefficient (Wildman–Crippen LogP) is 2.90. The van der Waals surface area contributed by atoms with Crippen LogP contribution in [0, 0.1) is 17.8 Å². The Bertz CT molecular complexity index is 414. The molecule has 2 saturated heterocycles. The molecule has 0 aromatic rings. The molecule has 5 nitrogen and oxygen atoms in total. The molecule has 0 amide bonds. The predicted molar refractivity (Wildman–Crippen MR) is 117 cm³/mol. The lowest BCUT2D eigenvalue weighted by molar-refractivity contribution is 0.0480. The molecule has 2 aliphatic rings. The zero-order valence-electron chi connectivity index (χ0n) is 17.0. The highest BCUT2D eigenvalue weighted by Gasteiger charge is 2.33. The highest BCUT2D eigenvalue weighted by molar-refractivity contribution is 14.0. The van der Waals surface area contributed by atoms with Crippen LogP contribution in [0.5, 0.6) is 0 Å². The number of hydrogen-bond donors (Lipinski definition) is 1. The molecule has 2 heterocycles. The third kappa shape index (κ3) is 6.86. The van der Waals surface area contributed by atoms with E-state index in [-0.39, 0.29) is 29.5 Å². The van der Waals surface area contributed by atoms with Crippen molar-refractivity contribution in [2.75, 3.05) is 53.5 Å². The summed E-state index contributed by atoms with van der Waals surface area (Å²) in [7, 11) is 4.01. The number of ether oxygens (including phenoxy) is 1. The first kappa shape index (κ1) is 23.0. The zero-order chi connectivity index (χ0) is 17.7. The molecule has 2 aliphatic heterocycles. The van der Waals surface area contributed by atoms with Gasteiger partial charge in [-0.1, -0.05) is 13.8 Å². The van der Waals surface area contributed by atoms with Gasteiger partial charge in [0.15, 0.2) is 5.96 Å². The molecule has 1 N–H and O–H groups in total. The van der Waals surface area contributed by atoms with E-state index in [4.69, 9.17) is 4.74 Å². The molecule has 25 heavy (non-hydrogen) atoms. The molecule has 3 atom stereocenters. The van der Waals surface area contributed by atoms with Crippen LogP contribution < -0.4 is 5.32 Å². The van der Waals surface area contributed by atoms with Crippen LogP contribution >= 0.6 is 24.0 Å². The Hall–Kier alpha value is -0.0800. The number of piperidine rings is 1. The molecule has 0 aromatic carbocycles. The summed E-state index contributed by atoms with van der Waals surface area (Å²) in [6.45, 7) is 15.6. The van der Waals surface area contributed by atoms with Crippen LogP contribution in [0.4, 0.5) is 0 Å². The maximum Gasteiger partial charge on any atom is 0.193 e. The molecule has 3 unspecified atom stereocenters. The molecule has 6 heteroatoms. The van der Waals surface area contributed by atoms with Gasteiger partial charge in [-0.05, 0) is 38.5 Å². The Labute approximate surface area is 172 Å². The Morgan fingerprint density at radius 3 is 2.44 bits per heavy atom. The van der Waals surface area contributed by atoms with Crippen molar-refractivity contribution >= 4 is 29.9 Å². The van der Waals surface area contributed by atoms with Gasteiger partial charge in [0.05, 0.1) is 6.61 Å². The van der Waals surface area contributed by atoms with Crippen LogP contribution in [0.2, 0.25) is 0 Å². The number of aliphatic imine (C=N–C) groups is 1.